The van der Waals surface area contributed by atoms with E-state index in [0.717, 1.165) is 12.8 Å². The van der Waals surface area contributed by atoms with E-state index in [2.05, 4.69) is 10.6 Å². The molecule has 0 aromatic carbocycles. The largest absolute Gasteiger partial charge is 0.352 e. The summed E-state index contributed by atoms with van der Waals surface area (Å²) >= 11 is 0. The Morgan fingerprint density at radius 3 is 2.12 bits per heavy atom. The molecule has 0 aromatic rings. The van der Waals surface area contributed by atoms with Crippen LogP contribution in [-0.4, -0.2) is 49.4 Å². The monoisotopic (exact) mass is 243 g/mol. The van der Waals surface area contributed by atoms with E-state index in [0.29, 0.717) is 0 Å². The molecule has 0 aromatic heterocycles. The van der Waals surface area contributed by atoms with Gasteiger partial charge in [-0.15, -0.1) is 0 Å². The molecule has 5 nitrogen and oxygen atoms in total. The van der Waals surface area contributed by atoms with Gasteiger partial charge in [0.25, 0.3) is 0 Å². The van der Waals surface area contributed by atoms with E-state index in [4.69, 9.17) is 0 Å². The molecular formula is C12H25N3O2. The van der Waals surface area contributed by atoms with E-state index in [9.17, 15) is 9.59 Å². The fourth-order valence-electron chi connectivity index (χ4n) is 1.31. The zero-order valence-corrected chi connectivity index (χ0v) is 11.5. The van der Waals surface area contributed by atoms with Gasteiger partial charge < -0.3 is 10.2 Å². The lowest BCUT2D eigenvalue weighted by Crippen LogP contribution is -2.48. The number of carbonyl (C=O) groups excluding carboxylic acids is 2. The van der Waals surface area contributed by atoms with E-state index in [-0.39, 0.29) is 30.4 Å². The van der Waals surface area contributed by atoms with Crippen molar-refractivity contribution in [3.8, 4) is 0 Å². The molecule has 0 saturated carbocycles. The third-order valence-corrected chi connectivity index (χ3v) is 2.78. The van der Waals surface area contributed by atoms with E-state index in [1.54, 1.807) is 21.0 Å². The van der Waals surface area contributed by atoms with Crippen LogP contribution in [0.15, 0.2) is 0 Å². The van der Waals surface area contributed by atoms with Crippen molar-refractivity contribution in [2.75, 3.05) is 20.6 Å². The first-order valence-electron chi connectivity index (χ1n) is 6.16. The molecular weight excluding hydrogens is 218 g/mol. The highest BCUT2D eigenvalue weighted by molar-refractivity contribution is 5.83. The molecule has 17 heavy (non-hydrogen) atoms. The highest BCUT2D eigenvalue weighted by Gasteiger charge is 2.16. The molecule has 2 N–H and O–H groups in total. The van der Waals surface area contributed by atoms with Crippen molar-refractivity contribution >= 4 is 11.8 Å². The molecule has 0 bridgehead atoms. The third kappa shape index (κ3) is 6.26. The minimum absolute atomic E-state index is 0.0350. The number of carbonyl (C=O) groups is 2. The molecule has 0 fully saturated rings. The molecule has 0 aliphatic heterocycles. The smallest absolute Gasteiger partial charge is 0.237 e. The van der Waals surface area contributed by atoms with Gasteiger partial charge in [-0.25, -0.2) is 0 Å². The molecule has 0 heterocycles. The van der Waals surface area contributed by atoms with Crippen LogP contribution in [0.4, 0.5) is 0 Å². The average molecular weight is 243 g/mol. The molecule has 0 saturated heterocycles. The molecule has 0 radical (unpaired) electrons. The second-order valence-corrected chi connectivity index (χ2v) is 4.41. The van der Waals surface area contributed by atoms with Gasteiger partial charge in [0, 0.05) is 20.1 Å². The summed E-state index contributed by atoms with van der Waals surface area (Å²) in [5.74, 6) is -0.0857. The number of nitrogens with zero attached hydrogens (tertiary/aromatic N) is 1. The fourth-order valence-corrected chi connectivity index (χ4v) is 1.31. The molecule has 0 rings (SSSR count). The zero-order chi connectivity index (χ0) is 13.4. The minimum Gasteiger partial charge on any atom is -0.352 e. The summed E-state index contributed by atoms with van der Waals surface area (Å²) in [6.07, 6.45) is 1.84. The number of amides is 2. The Labute approximate surface area is 104 Å². The molecule has 0 spiro atoms. The van der Waals surface area contributed by atoms with Crippen molar-refractivity contribution in [2.45, 2.75) is 45.7 Å². The topological polar surface area (TPSA) is 61.4 Å². The van der Waals surface area contributed by atoms with Crippen LogP contribution in [-0.2, 0) is 9.59 Å². The van der Waals surface area contributed by atoms with Gasteiger partial charge in [0.2, 0.25) is 11.8 Å². The van der Waals surface area contributed by atoms with Crippen molar-refractivity contribution in [2.24, 2.45) is 0 Å². The van der Waals surface area contributed by atoms with Crippen molar-refractivity contribution in [1.82, 2.24) is 15.5 Å². The fraction of sp³-hybridized carbons (Fsp3) is 0.833. The molecule has 0 aliphatic rings. The molecule has 100 valence electrons. The molecule has 1 unspecified atom stereocenters. The maximum Gasteiger partial charge on any atom is 0.237 e. The van der Waals surface area contributed by atoms with Crippen LogP contribution in [0.2, 0.25) is 0 Å². The Morgan fingerprint density at radius 2 is 1.71 bits per heavy atom. The normalized spacial score (nSPS) is 12.4. The maximum absolute atomic E-state index is 11.8. The van der Waals surface area contributed by atoms with Crippen LogP contribution in [0.1, 0.15) is 33.6 Å². The average Bonchev–Trinajstić information content (AvgIpc) is 2.31. The second kappa shape index (κ2) is 8.06. The Kier molecular flexibility index (Phi) is 7.54. The highest BCUT2D eigenvalue weighted by Crippen LogP contribution is 1.96. The quantitative estimate of drug-likeness (QED) is 0.678. The lowest BCUT2D eigenvalue weighted by Gasteiger charge is -2.19. The molecule has 1 atom stereocenters. The van der Waals surface area contributed by atoms with Gasteiger partial charge >= 0.3 is 0 Å². The van der Waals surface area contributed by atoms with Gasteiger partial charge in [-0.05, 0) is 19.8 Å². The van der Waals surface area contributed by atoms with Crippen LogP contribution in [0.3, 0.4) is 0 Å². The Hall–Kier alpha value is -1.10. The standard InChI is InChI=1S/C12H25N3O2/c1-6-10(7-2)14-12(17)9(3)13-8-11(16)15(4)5/h9-10,13H,6-8H2,1-5H3,(H,14,17). The summed E-state index contributed by atoms with van der Waals surface area (Å²) < 4.78 is 0. The summed E-state index contributed by atoms with van der Waals surface area (Å²) in [5, 5.41) is 5.86. The highest BCUT2D eigenvalue weighted by atomic mass is 16.2. The van der Waals surface area contributed by atoms with Gasteiger partial charge in [-0.3, -0.25) is 14.9 Å². The van der Waals surface area contributed by atoms with Gasteiger partial charge in [-0.1, -0.05) is 13.8 Å². The lowest BCUT2D eigenvalue weighted by atomic mass is 10.1. The Bertz CT molecular complexity index is 250. The van der Waals surface area contributed by atoms with Crippen LogP contribution in [0.5, 0.6) is 0 Å². The first kappa shape index (κ1) is 15.9. The summed E-state index contributed by atoms with van der Waals surface area (Å²) in [4.78, 5) is 24.6. The predicted octanol–water partition coefficient (Wildman–Crippen LogP) is 0.358. The zero-order valence-electron chi connectivity index (χ0n) is 11.5. The van der Waals surface area contributed by atoms with Crippen molar-refractivity contribution in [3.63, 3.8) is 0 Å². The van der Waals surface area contributed by atoms with Crippen LogP contribution < -0.4 is 10.6 Å². The number of rotatable bonds is 7. The molecule has 2 amide bonds. The third-order valence-electron chi connectivity index (χ3n) is 2.78. The van der Waals surface area contributed by atoms with Crippen LogP contribution in [0, 0.1) is 0 Å². The van der Waals surface area contributed by atoms with E-state index in [1.165, 1.54) is 4.90 Å². The van der Waals surface area contributed by atoms with Crippen LogP contribution >= 0.6 is 0 Å². The number of nitrogens with one attached hydrogen (secondary N) is 2. The Morgan fingerprint density at radius 1 is 1.18 bits per heavy atom. The lowest BCUT2D eigenvalue weighted by molar-refractivity contribution is -0.128. The number of hydrogen-bond acceptors (Lipinski definition) is 3. The molecule has 0 aliphatic carbocycles. The van der Waals surface area contributed by atoms with Gasteiger partial charge in [0.1, 0.15) is 0 Å². The first-order valence-corrected chi connectivity index (χ1v) is 6.16. The van der Waals surface area contributed by atoms with Gasteiger partial charge in [-0.2, -0.15) is 0 Å². The van der Waals surface area contributed by atoms with E-state index in [1.807, 2.05) is 13.8 Å². The summed E-state index contributed by atoms with van der Waals surface area (Å²) in [7, 11) is 3.39. The predicted molar refractivity (Wildman–Crippen MR) is 68.7 cm³/mol. The van der Waals surface area contributed by atoms with E-state index < -0.39 is 0 Å². The molecule has 5 heteroatoms. The van der Waals surface area contributed by atoms with E-state index >= 15 is 0 Å². The number of likely N-dealkylation sites (N-methyl/N-ethyl adjacent to an activating group) is 1. The SMILES string of the molecule is CCC(CC)NC(=O)C(C)NCC(=O)N(C)C. The summed E-state index contributed by atoms with van der Waals surface area (Å²) in [5.41, 5.74) is 0. The second-order valence-electron chi connectivity index (χ2n) is 4.41. The van der Waals surface area contributed by atoms with Crippen molar-refractivity contribution in [3.05, 3.63) is 0 Å². The summed E-state index contributed by atoms with van der Waals surface area (Å²) in [6.45, 7) is 6.04. The van der Waals surface area contributed by atoms with Gasteiger partial charge in [0.05, 0.1) is 12.6 Å². The maximum atomic E-state index is 11.8. The van der Waals surface area contributed by atoms with Gasteiger partial charge in [0.15, 0.2) is 0 Å². The first-order chi connectivity index (χ1) is 7.92. The summed E-state index contributed by atoms with van der Waals surface area (Å²) in [6, 6.07) is -0.129. The van der Waals surface area contributed by atoms with Crippen molar-refractivity contribution in [1.29, 1.82) is 0 Å². The van der Waals surface area contributed by atoms with Crippen molar-refractivity contribution < 1.29 is 9.59 Å². The number of hydrogen-bond donors (Lipinski definition) is 2. The minimum atomic E-state index is -0.348. The Balaban J connectivity index is 4.01. The van der Waals surface area contributed by atoms with Crippen LogP contribution in [0.25, 0.3) is 0 Å².